The highest BCUT2D eigenvalue weighted by atomic mass is 79.9. The van der Waals surface area contributed by atoms with E-state index in [2.05, 4.69) is 21.2 Å². The third-order valence-corrected chi connectivity index (χ3v) is 4.33. The number of carbonyl (C=O) groups is 2. The summed E-state index contributed by atoms with van der Waals surface area (Å²) in [6.07, 6.45) is 1.27. The van der Waals surface area contributed by atoms with Crippen LogP contribution in [0.5, 0.6) is 0 Å². The van der Waals surface area contributed by atoms with Gasteiger partial charge in [0.1, 0.15) is 6.54 Å². The van der Waals surface area contributed by atoms with Gasteiger partial charge in [-0.1, -0.05) is 15.9 Å². The fraction of sp³-hybridized carbons (Fsp3) is 0.294. The van der Waals surface area contributed by atoms with Crippen molar-refractivity contribution in [3.63, 3.8) is 0 Å². The number of rotatable bonds is 5. The predicted molar refractivity (Wildman–Crippen MR) is 101 cm³/mol. The number of amides is 2. The molecular formula is C17H19BrN4O4. The fourth-order valence-electron chi connectivity index (χ4n) is 2.26. The molecule has 0 aliphatic rings. The lowest BCUT2D eigenvalue weighted by Crippen LogP contribution is -2.42. The van der Waals surface area contributed by atoms with Crippen LogP contribution in [0, 0.1) is 6.92 Å². The predicted octanol–water partition coefficient (Wildman–Crippen LogP) is 0.715. The first kappa shape index (κ1) is 19.6. The molecular weight excluding hydrogens is 404 g/mol. The lowest BCUT2D eigenvalue weighted by atomic mass is 10.2. The normalized spacial score (nSPS) is 10.5. The number of carbonyl (C=O) groups excluding carboxylic acids is 2. The van der Waals surface area contributed by atoms with Crippen LogP contribution in [-0.2, 0) is 23.2 Å². The summed E-state index contributed by atoms with van der Waals surface area (Å²) in [5.41, 5.74) is 0.511. The van der Waals surface area contributed by atoms with Crippen LogP contribution in [0.4, 0.5) is 5.69 Å². The zero-order chi connectivity index (χ0) is 19.4. The Bertz CT molecular complexity index is 964. The van der Waals surface area contributed by atoms with Crippen molar-refractivity contribution in [2.45, 2.75) is 13.5 Å². The average Bonchev–Trinajstić information content (AvgIpc) is 2.57. The van der Waals surface area contributed by atoms with E-state index >= 15 is 0 Å². The Kier molecular flexibility index (Phi) is 6.14. The van der Waals surface area contributed by atoms with E-state index in [-0.39, 0.29) is 19.0 Å². The molecule has 0 spiro atoms. The molecule has 1 N–H and O–H groups in total. The summed E-state index contributed by atoms with van der Waals surface area (Å²) < 4.78 is 2.94. The lowest BCUT2D eigenvalue weighted by Gasteiger charge is -2.18. The number of nitrogens with one attached hydrogen (secondary N) is 1. The van der Waals surface area contributed by atoms with Crippen molar-refractivity contribution in [1.82, 2.24) is 14.0 Å². The highest BCUT2D eigenvalue weighted by molar-refractivity contribution is 9.10. The van der Waals surface area contributed by atoms with Crippen molar-refractivity contribution in [1.29, 1.82) is 0 Å². The number of benzene rings is 1. The molecule has 0 radical (unpaired) electrons. The number of nitrogens with zero attached hydrogens (tertiary/aromatic N) is 3. The number of likely N-dealkylation sites (N-methyl/N-ethyl adjacent to an activating group) is 1. The molecule has 1 aromatic heterocycles. The Balaban J connectivity index is 2.00. The van der Waals surface area contributed by atoms with Crippen LogP contribution in [0.3, 0.4) is 0 Å². The Morgan fingerprint density at radius 2 is 1.92 bits per heavy atom. The van der Waals surface area contributed by atoms with Gasteiger partial charge in [-0.25, -0.2) is 4.79 Å². The molecule has 0 bridgehead atoms. The van der Waals surface area contributed by atoms with E-state index in [1.165, 1.54) is 31.3 Å². The molecule has 0 fully saturated rings. The highest BCUT2D eigenvalue weighted by Crippen LogP contribution is 2.19. The van der Waals surface area contributed by atoms with Crippen molar-refractivity contribution in [3.05, 3.63) is 61.3 Å². The molecule has 0 atom stereocenters. The van der Waals surface area contributed by atoms with Gasteiger partial charge in [-0.3, -0.25) is 23.5 Å². The van der Waals surface area contributed by atoms with Gasteiger partial charge in [-0.2, -0.15) is 0 Å². The van der Waals surface area contributed by atoms with E-state index in [1.54, 1.807) is 6.07 Å². The van der Waals surface area contributed by atoms with Crippen molar-refractivity contribution >= 4 is 33.4 Å². The van der Waals surface area contributed by atoms with Gasteiger partial charge in [0, 0.05) is 36.5 Å². The monoisotopic (exact) mass is 422 g/mol. The van der Waals surface area contributed by atoms with Gasteiger partial charge >= 0.3 is 5.69 Å². The quantitative estimate of drug-likeness (QED) is 0.767. The molecule has 0 aliphatic heterocycles. The standard InChI is InChI=1S/C17H19BrN4O4/c1-11-8-12(18)4-5-13(11)19-14(23)9-20(2)16(25)10-22-7-6-15(24)21(3)17(22)26/h4-8H,9-10H2,1-3H3,(H,19,23). The molecule has 1 aromatic carbocycles. The largest absolute Gasteiger partial charge is 0.335 e. The van der Waals surface area contributed by atoms with E-state index in [4.69, 9.17) is 0 Å². The molecule has 0 saturated carbocycles. The molecule has 0 unspecified atom stereocenters. The molecule has 138 valence electrons. The highest BCUT2D eigenvalue weighted by Gasteiger charge is 2.15. The number of hydrogen-bond acceptors (Lipinski definition) is 4. The number of anilines is 1. The number of halogens is 1. The van der Waals surface area contributed by atoms with Gasteiger partial charge in [0.2, 0.25) is 11.8 Å². The van der Waals surface area contributed by atoms with E-state index < -0.39 is 17.2 Å². The van der Waals surface area contributed by atoms with E-state index in [0.717, 1.165) is 19.2 Å². The molecule has 2 amide bonds. The fourth-order valence-corrected chi connectivity index (χ4v) is 2.74. The van der Waals surface area contributed by atoms with E-state index in [0.29, 0.717) is 5.69 Å². The minimum atomic E-state index is -0.589. The SMILES string of the molecule is Cc1cc(Br)ccc1NC(=O)CN(C)C(=O)Cn1ccc(=O)n(C)c1=O. The topological polar surface area (TPSA) is 93.4 Å². The molecule has 2 rings (SSSR count). The molecule has 2 aromatic rings. The van der Waals surface area contributed by atoms with Gasteiger partial charge in [-0.05, 0) is 30.7 Å². The molecule has 1 heterocycles. The van der Waals surface area contributed by atoms with Crippen molar-refractivity contribution in [3.8, 4) is 0 Å². The zero-order valence-corrected chi connectivity index (χ0v) is 16.2. The Hall–Kier alpha value is -2.68. The molecule has 26 heavy (non-hydrogen) atoms. The van der Waals surface area contributed by atoms with Crippen LogP contribution in [0.2, 0.25) is 0 Å². The summed E-state index contributed by atoms with van der Waals surface area (Å²) in [5, 5.41) is 2.75. The second-order valence-corrected chi connectivity index (χ2v) is 6.80. The number of aromatic nitrogens is 2. The Morgan fingerprint density at radius 1 is 1.23 bits per heavy atom. The van der Waals surface area contributed by atoms with Crippen LogP contribution in [0.1, 0.15) is 5.56 Å². The maximum Gasteiger partial charge on any atom is 0.331 e. The first-order valence-corrected chi connectivity index (χ1v) is 8.55. The van der Waals surface area contributed by atoms with E-state index in [1.807, 2.05) is 19.1 Å². The minimum absolute atomic E-state index is 0.158. The molecule has 0 aliphatic carbocycles. The number of aryl methyl sites for hydroxylation is 1. The second-order valence-electron chi connectivity index (χ2n) is 5.88. The average molecular weight is 423 g/mol. The van der Waals surface area contributed by atoms with Gasteiger partial charge in [0.25, 0.3) is 5.56 Å². The summed E-state index contributed by atoms with van der Waals surface area (Å²) in [4.78, 5) is 49.0. The summed E-state index contributed by atoms with van der Waals surface area (Å²) in [5.74, 6) is -0.771. The third kappa shape index (κ3) is 4.69. The first-order chi connectivity index (χ1) is 12.2. The summed E-state index contributed by atoms with van der Waals surface area (Å²) in [6, 6.07) is 6.65. The smallest absolute Gasteiger partial charge is 0.331 e. The summed E-state index contributed by atoms with van der Waals surface area (Å²) >= 11 is 3.35. The maximum atomic E-state index is 12.3. The van der Waals surface area contributed by atoms with Crippen LogP contribution in [0.25, 0.3) is 0 Å². The van der Waals surface area contributed by atoms with Crippen molar-refractivity contribution in [2.75, 3.05) is 18.9 Å². The van der Waals surface area contributed by atoms with Crippen LogP contribution in [-0.4, -0.2) is 39.4 Å². The number of hydrogen-bond donors (Lipinski definition) is 1. The molecule has 8 nitrogen and oxygen atoms in total. The maximum absolute atomic E-state index is 12.3. The van der Waals surface area contributed by atoms with Gasteiger partial charge in [0.15, 0.2) is 0 Å². The van der Waals surface area contributed by atoms with Crippen LogP contribution in [0.15, 0.2) is 44.5 Å². The van der Waals surface area contributed by atoms with Crippen LogP contribution >= 0.6 is 15.9 Å². The Morgan fingerprint density at radius 3 is 2.58 bits per heavy atom. The lowest BCUT2D eigenvalue weighted by molar-refractivity contribution is -0.133. The minimum Gasteiger partial charge on any atom is -0.335 e. The van der Waals surface area contributed by atoms with Crippen molar-refractivity contribution < 1.29 is 9.59 Å². The van der Waals surface area contributed by atoms with Gasteiger partial charge in [0.05, 0.1) is 6.54 Å². The zero-order valence-electron chi connectivity index (χ0n) is 14.7. The summed E-state index contributed by atoms with van der Waals surface area (Å²) in [7, 11) is 2.81. The van der Waals surface area contributed by atoms with E-state index in [9.17, 15) is 19.2 Å². The third-order valence-electron chi connectivity index (χ3n) is 3.83. The van der Waals surface area contributed by atoms with Crippen molar-refractivity contribution in [2.24, 2.45) is 7.05 Å². The van der Waals surface area contributed by atoms with Gasteiger partial charge < -0.3 is 10.2 Å². The Labute approximate surface area is 158 Å². The second kappa shape index (κ2) is 8.13. The summed E-state index contributed by atoms with van der Waals surface area (Å²) in [6.45, 7) is 1.45. The molecule has 9 heteroatoms. The molecule has 0 saturated heterocycles. The van der Waals surface area contributed by atoms with Gasteiger partial charge in [-0.15, -0.1) is 0 Å². The first-order valence-electron chi connectivity index (χ1n) is 7.75. The van der Waals surface area contributed by atoms with Crippen LogP contribution < -0.4 is 16.6 Å².